The Labute approximate surface area is 113 Å². The van der Waals surface area contributed by atoms with E-state index < -0.39 is 0 Å². The molecule has 0 bridgehead atoms. The van der Waals surface area contributed by atoms with Crippen molar-refractivity contribution in [2.24, 2.45) is 0 Å². The average molecular weight is 266 g/mol. The van der Waals surface area contributed by atoms with E-state index in [1.165, 1.54) is 5.56 Å². The van der Waals surface area contributed by atoms with Crippen molar-refractivity contribution >= 4 is 17.3 Å². The highest BCUT2D eigenvalue weighted by Crippen LogP contribution is 2.11. The lowest BCUT2D eigenvalue weighted by molar-refractivity contribution is 0.0676. The van der Waals surface area contributed by atoms with Gasteiger partial charge in [-0.25, -0.2) is 0 Å². The fourth-order valence-electron chi connectivity index (χ4n) is 1.80. The van der Waals surface area contributed by atoms with Crippen LogP contribution in [0.15, 0.2) is 24.3 Å². The van der Waals surface area contributed by atoms with Crippen molar-refractivity contribution in [1.82, 2.24) is 10.2 Å². The molecule has 0 saturated carbocycles. The van der Waals surface area contributed by atoms with Gasteiger partial charge in [0.05, 0.1) is 20.3 Å². The number of hydrogen-bond acceptors (Lipinski definition) is 3. The zero-order chi connectivity index (χ0) is 12.8. The van der Waals surface area contributed by atoms with Crippen LogP contribution in [0.25, 0.3) is 0 Å². The first kappa shape index (κ1) is 13.1. The predicted molar refractivity (Wildman–Crippen MR) is 74.8 cm³/mol. The highest BCUT2D eigenvalue weighted by Gasteiger charge is 2.12. The minimum atomic E-state index is 0.736. The van der Waals surface area contributed by atoms with E-state index in [2.05, 4.69) is 10.2 Å². The molecule has 0 aromatic heterocycles. The van der Waals surface area contributed by atoms with Gasteiger partial charge in [-0.05, 0) is 29.9 Å². The molecule has 1 heterocycles. The molecule has 5 heteroatoms. The largest absolute Gasteiger partial charge is 0.497 e. The highest BCUT2D eigenvalue weighted by atomic mass is 32.1. The molecule has 2 rings (SSSR count). The zero-order valence-corrected chi connectivity index (χ0v) is 11.3. The second kappa shape index (κ2) is 6.56. The first-order chi connectivity index (χ1) is 8.79. The van der Waals surface area contributed by atoms with Gasteiger partial charge in [-0.1, -0.05) is 12.1 Å². The summed E-state index contributed by atoms with van der Waals surface area (Å²) in [6, 6.07) is 7.98. The molecular formula is C13H18N2O2S. The van der Waals surface area contributed by atoms with Crippen LogP contribution in [0, 0.1) is 0 Å². The van der Waals surface area contributed by atoms with Crippen molar-refractivity contribution in [2.75, 3.05) is 33.4 Å². The van der Waals surface area contributed by atoms with E-state index in [1.54, 1.807) is 7.11 Å². The smallest absolute Gasteiger partial charge is 0.169 e. The summed E-state index contributed by atoms with van der Waals surface area (Å²) >= 11 is 5.36. The van der Waals surface area contributed by atoms with Gasteiger partial charge in [0.2, 0.25) is 0 Å². The number of hydrogen-bond donors (Lipinski definition) is 1. The lowest BCUT2D eigenvalue weighted by atomic mass is 10.2. The molecule has 0 amide bonds. The molecule has 1 saturated heterocycles. The van der Waals surface area contributed by atoms with Gasteiger partial charge in [0.25, 0.3) is 0 Å². The standard InChI is InChI=1S/C13H18N2O2S/c1-16-12-4-2-11(3-5-12)10-14-13(18)15-6-8-17-9-7-15/h2-5H,6-10H2,1H3,(H,14,18). The summed E-state index contributed by atoms with van der Waals surface area (Å²) in [5.74, 6) is 0.870. The van der Waals surface area contributed by atoms with E-state index in [-0.39, 0.29) is 0 Å². The van der Waals surface area contributed by atoms with Crippen LogP contribution in [0.4, 0.5) is 0 Å². The van der Waals surface area contributed by atoms with E-state index in [1.807, 2.05) is 24.3 Å². The van der Waals surface area contributed by atoms with Gasteiger partial charge >= 0.3 is 0 Å². The van der Waals surface area contributed by atoms with Crippen molar-refractivity contribution in [3.63, 3.8) is 0 Å². The Balaban J connectivity index is 1.80. The van der Waals surface area contributed by atoms with E-state index >= 15 is 0 Å². The minimum Gasteiger partial charge on any atom is -0.497 e. The Hall–Kier alpha value is -1.33. The molecule has 1 N–H and O–H groups in total. The lowest BCUT2D eigenvalue weighted by Gasteiger charge is -2.29. The van der Waals surface area contributed by atoms with Crippen LogP contribution in [0.3, 0.4) is 0 Å². The van der Waals surface area contributed by atoms with Crippen LogP contribution in [0.2, 0.25) is 0 Å². The third kappa shape index (κ3) is 3.58. The van der Waals surface area contributed by atoms with Gasteiger partial charge in [-0.3, -0.25) is 0 Å². The van der Waals surface area contributed by atoms with Crippen molar-refractivity contribution in [2.45, 2.75) is 6.54 Å². The van der Waals surface area contributed by atoms with E-state index in [0.29, 0.717) is 0 Å². The van der Waals surface area contributed by atoms with Crippen LogP contribution < -0.4 is 10.1 Å². The second-order valence-electron chi connectivity index (χ2n) is 4.11. The first-order valence-corrected chi connectivity index (χ1v) is 6.44. The van der Waals surface area contributed by atoms with Gasteiger partial charge in [0, 0.05) is 19.6 Å². The molecule has 18 heavy (non-hydrogen) atoms. The molecule has 98 valence electrons. The average Bonchev–Trinajstić information content (AvgIpc) is 2.46. The molecule has 0 radical (unpaired) electrons. The summed E-state index contributed by atoms with van der Waals surface area (Å²) in [4.78, 5) is 2.14. The number of rotatable bonds is 3. The van der Waals surface area contributed by atoms with Gasteiger partial charge < -0.3 is 19.7 Å². The quantitative estimate of drug-likeness (QED) is 0.837. The molecule has 1 aromatic carbocycles. The maximum atomic E-state index is 5.36. The molecule has 0 unspecified atom stereocenters. The Morgan fingerprint density at radius 1 is 1.33 bits per heavy atom. The van der Waals surface area contributed by atoms with Crippen LogP contribution in [0.5, 0.6) is 5.75 Å². The SMILES string of the molecule is COc1ccc(CNC(=S)N2CCOCC2)cc1. The topological polar surface area (TPSA) is 33.7 Å². The summed E-state index contributed by atoms with van der Waals surface area (Å²) in [6.45, 7) is 3.98. The Morgan fingerprint density at radius 3 is 2.61 bits per heavy atom. The Bertz CT molecular complexity index is 388. The third-order valence-corrected chi connectivity index (χ3v) is 3.30. The summed E-state index contributed by atoms with van der Waals surface area (Å²) in [5, 5.41) is 4.07. The number of ether oxygens (including phenoxy) is 2. The normalized spacial score (nSPS) is 15.3. The third-order valence-electron chi connectivity index (χ3n) is 2.90. The van der Waals surface area contributed by atoms with Gasteiger partial charge in [0.1, 0.15) is 5.75 Å². The van der Waals surface area contributed by atoms with Crippen molar-refractivity contribution in [3.8, 4) is 5.75 Å². The van der Waals surface area contributed by atoms with Crippen molar-refractivity contribution in [3.05, 3.63) is 29.8 Å². The van der Waals surface area contributed by atoms with Gasteiger partial charge in [-0.15, -0.1) is 0 Å². The highest BCUT2D eigenvalue weighted by molar-refractivity contribution is 7.80. The lowest BCUT2D eigenvalue weighted by Crippen LogP contribution is -2.45. The summed E-state index contributed by atoms with van der Waals surface area (Å²) in [7, 11) is 1.67. The van der Waals surface area contributed by atoms with Crippen LogP contribution >= 0.6 is 12.2 Å². The molecule has 1 aliphatic rings. The Morgan fingerprint density at radius 2 is 2.00 bits per heavy atom. The van der Waals surface area contributed by atoms with Crippen molar-refractivity contribution in [1.29, 1.82) is 0 Å². The second-order valence-corrected chi connectivity index (χ2v) is 4.49. The number of methoxy groups -OCH3 is 1. The molecule has 0 aliphatic carbocycles. The van der Waals surface area contributed by atoms with Crippen LogP contribution in [-0.4, -0.2) is 43.4 Å². The van der Waals surface area contributed by atoms with Gasteiger partial charge in [0.15, 0.2) is 5.11 Å². The number of nitrogens with zero attached hydrogens (tertiary/aromatic N) is 1. The summed E-state index contributed by atoms with van der Waals surface area (Å²) in [6.07, 6.45) is 0. The number of thiocarbonyl (C=S) groups is 1. The minimum absolute atomic E-state index is 0.736. The molecule has 4 nitrogen and oxygen atoms in total. The molecular weight excluding hydrogens is 248 g/mol. The monoisotopic (exact) mass is 266 g/mol. The molecule has 1 fully saturated rings. The maximum Gasteiger partial charge on any atom is 0.169 e. The molecule has 1 aromatic rings. The van der Waals surface area contributed by atoms with Crippen molar-refractivity contribution < 1.29 is 9.47 Å². The fraction of sp³-hybridized carbons (Fsp3) is 0.462. The molecule has 0 spiro atoms. The maximum absolute atomic E-state index is 5.36. The predicted octanol–water partition coefficient (Wildman–Crippen LogP) is 1.40. The number of benzene rings is 1. The van der Waals surface area contributed by atoms with E-state index in [4.69, 9.17) is 21.7 Å². The van der Waals surface area contributed by atoms with Crippen LogP contribution in [-0.2, 0) is 11.3 Å². The van der Waals surface area contributed by atoms with E-state index in [0.717, 1.165) is 43.7 Å². The van der Waals surface area contributed by atoms with Gasteiger partial charge in [-0.2, -0.15) is 0 Å². The summed E-state index contributed by atoms with van der Waals surface area (Å²) < 4.78 is 10.4. The van der Waals surface area contributed by atoms with E-state index in [9.17, 15) is 0 Å². The number of nitrogens with one attached hydrogen (secondary N) is 1. The van der Waals surface area contributed by atoms with Crippen LogP contribution in [0.1, 0.15) is 5.56 Å². The first-order valence-electron chi connectivity index (χ1n) is 6.03. The fourth-order valence-corrected chi connectivity index (χ4v) is 2.05. The number of morpholine rings is 1. The Kier molecular flexibility index (Phi) is 4.78. The zero-order valence-electron chi connectivity index (χ0n) is 10.5. The molecule has 0 atom stereocenters. The summed E-state index contributed by atoms with van der Waals surface area (Å²) in [5.41, 5.74) is 1.19. The molecule has 1 aliphatic heterocycles.